The highest BCUT2D eigenvalue weighted by Gasteiger charge is 2.34. The highest BCUT2D eigenvalue weighted by Crippen LogP contribution is 2.28. The minimum Gasteiger partial charge on any atom is -0.380 e. The summed E-state index contributed by atoms with van der Waals surface area (Å²) in [5.74, 6) is -0.335. The van der Waals surface area contributed by atoms with Crippen LogP contribution in [0, 0.1) is 5.41 Å². The number of ether oxygens (including phenoxy) is 1. The number of aromatic nitrogens is 5. The molecule has 9 heteroatoms. The molecule has 2 aromatic heterocycles. The Morgan fingerprint density at radius 3 is 3.05 bits per heavy atom. The van der Waals surface area contributed by atoms with Crippen LogP contribution in [0.1, 0.15) is 17.4 Å². The number of amides is 1. The standard InChI is InChI=1S/C10H12N6O2S/c1-10(4-18-5-10)3-16-2-7(13-15-16)8(17)12-9-14-11-6-19-9/h2,6H,3-5H2,1H3,(H,12,14,17). The summed E-state index contributed by atoms with van der Waals surface area (Å²) in [5, 5.41) is 18.2. The zero-order valence-electron chi connectivity index (χ0n) is 10.2. The van der Waals surface area contributed by atoms with Gasteiger partial charge in [0.1, 0.15) is 5.51 Å². The molecule has 8 nitrogen and oxygen atoms in total. The highest BCUT2D eigenvalue weighted by atomic mass is 32.1. The van der Waals surface area contributed by atoms with Crippen LogP contribution in [0.4, 0.5) is 5.13 Å². The van der Waals surface area contributed by atoms with Crippen LogP contribution in [0.5, 0.6) is 0 Å². The van der Waals surface area contributed by atoms with E-state index in [9.17, 15) is 4.79 Å². The molecule has 1 aliphatic heterocycles. The molecular weight excluding hydrogens is 268 g/mol. The first kappa shape index (κ1) is 12.2. The van der Waals surface area contributed by atoms with Crippen molar-refractivity contribution in [3.8, 4) is 0 Å². The third kappa shape index (κ3) is 2.61. The average molecular weight is 280 g/mol. The van der Waals surface area contributed by atoms with E-state index in [4.69, 9.17) is 4.74 Å². The number of hydrogen-bond donors (Lipinski definition) is 1. The van der Waals surface area contributed by atoms with Gasteiger partial charge in [-0.05, 0) is 0 Å². The van der Waals surface area contributed by atoms with Crippen molar-refractivity contribution >= 4 is 22.4 Å². The average Bonchev–Trinajstić information content (AvgIpc) is 2.98. The summed E-state index contributed by atoms with van der Waals surface area (Å²) in [4.78, 5) is 11.9. The first-order valence-electron chi connectivity index (χ1n) is 5.70. The zero-order chi connectivity index (χ0) is 13.3. The van der Waals surface area contributed by atoms with E-state index in [0.717, 1.165) is 0 Å². The van der Waals surface area contributed by atoms with Gasteiger partial charge < -0.3 is 4.74 Å². The fourth-order valence-corrected chi connectivity index (χ4v) is 2.24. The second kappa shape index (κ2) is 4.67. The summed E-state index contributed by atoms with van der Waals surface area (Å²) in [5.41, 5.74) is 1.89. The minimum absolute atomic E-state index is 0.0840. The summed E-state index contributed by atoms with van der Waals surface area (Å²) in [6.45, 7) is 4.21. The van der Waals surface area contributed by atoms with Crippen LogP contribution in [0.25, 0.3) is 0 Å². The first-order valence-corrected chi connectivity index (χ1v) is 6.58. The summed E-state index contributed by atoms with van der Waals surface area (Å²) in [7, 11) is 0. The molecule has 100 valence electrons. The first-order chi connectivity index (χ1) is 9.15. The molecule has 0 radical (unpaired) electrons. The quantitative estimate of drug-likeness (QED) is 0.872. The van der Waals surface area contributed by atoms with Crippen molar-refractivity contribution in [3.05, 3.63) is 17.4 Å². The summed E-state index contributed by atoms with van der Waals surface area (Å²) < 4.78 is 6.84. The topological polar surface area (TPSA) is 94.8 Å². The van der Waals surface area contributed by atoms with Crippen LogP contribution in [-0.2, 0) is 11.3 Å². The molecule has 3 rings (SSSR count). The monoisotopic (exact) mass is 280 g/mol. The molecule has 1 saturated heterocycles. The summed E-state index contributed by atoms with van der Waals surface area (Å²) in [6.07, 6.45) is 1.62. The Morgan fingerprint density at radius 2 is 2.42 bits per heavy atom. The van der Waals surface area contributed by atoms with Crippen molar-refractivity contribution in [2.45, 2.75) is 13.5 Å². The Hall–Kier alpha value is -1.87. The number of anilines is 1. The Morgan fingerprint density at radius 1 is 1.58 bits per heavy atom. The highest BCUT2D eigenvalue weighted by molar-refractivity contribution is 7.13. The lowest BCUT2D eigenvalue weighted by Crippen LogP contribution is -2.43. The van der Waals surface area contributed by atoms with Gasteiger partial charge in [0, 0.05) is 5.41 Å². The van der Waals surface area contributed by atoms with Gasteiger partial charge in [-0.25, -0.2) is 0 Å². The van der Waals surface area contributed by atoms with Gasteiger partial charge in [0.05, 0.1) is 26.0 Å². The lowest BCUT2D eigenvalue weighted by Gasteiger charge is -2.37. The van der Waals surface area contributed by atoms with Crippen LogP contribution in [-0.4, -0.2) is 44.3 Å². The molecule has 1 fully saturated rings. The zero-order valence-corrected chi connectivity index (χ0v) is 11.1. The minimum atomic E-state index is -0.335. The molecule has 0 atom stereocenters. The lowest BCUT2D eigenvalue weighted by atomic mass is 9.89. The van der Waals surface area contributed by atoms with Crippen LogP contribution in [0.15, 0.2) is 11.7 Å². The number of carbonyl (C=O) groups is 1. The molecule has 0 spiro atoms. The van der Waals surface area contributed by atoms with E-state index < -0.39 is 0 Å². The Labute approximate surface area is 112 Å². The fraction of sp³-hybridized carbons (Fsp3) is 0.500. The van der Waals surface area contributed by atoms with Crippen molar-refractivity contribution in [2.24, 2.45) is 5.41 Å². The maximum atomic E-state index is 11.9. The molecule has 1 N–H and O–H groups in total. The van der Waals surface area contributed by atoms with Crippen molar-refractivity contribution in [1.29, 1.82) is 0 Å². The van der Waals surface area contributed by atoms with Crippen molar-refractivity contribution in [1.82, 2.24) is 25.2 Å². The maximum Gasteiger partial charge on any atom is 0.279 e. The van der Waals surface area contributed by atoms with E-state index in [1.807, 2.05) is 0 Å². The molecule has 3 heterocycles. The number of rotatable bonds is 4. The molecule has 1 amide bonds. The van der Waals surface area contributed by atoms with Crippen LogP contribution < -0.4 is 5.32 Å². The van der Waals surface area contributed by atoms with Crippen LogP contribution >= 0.6 is 11.3 Å². The second-order valence-corrected chi connectivity index (χ2v) is 5.64. The molecule has 19 heavy (non-hydrogen) atoms. The summed E-state index contributed by atoms with van der Waals surface area (Å²) >= 11 is 1.25. The predicted molar refractivity (Wildman–Crippen MR) is 66.8 cm³/mol. The molecule has 1 aliphatic rings. The molecule has 0 aromatic carbocycles. The Balaban J connectivity index is 1.65. The van der Waals surface area contributed by atoms with Gasteiger partial charge >= 0.3 is 0 Å². The third-order valence-electron chi connectivity index (χ3n) is 2.80. The molecule has 2 aromatic rings. The van der Waals surface area contributed by atoms with Gasteiger partial charge in [-0.3, -0.25) is 14.8 Å². The largest absolute Gasteiger partial charge is 0.380 e. The van der Waals surface area contributed by atoms with E-state index >= 15 is 0 Å². The molecule has 0 saturated carbocycles. The van der Waals surface area contributed by atoms with Gasteiger partial charge in [0.2, 0.25) is 5.13 Å². The van der Waals surface area contributed by atoms with E-state index in [1.165, 1.54) is 11.3 Å². The lowest BCUT2D eigenvalue weighted by molar-refractivity contribution is -0.111. The third-order valence-corrected chi connectivity index (χ3v) is 3.40. The van der Waals surface area contributed by atoms with Crippen molar-refractivity contribution in [2.75, 3.05) is 18.5 Å². The normalized spacial score (nSPS) is 16.9. The van der Waals surface area contributed by atoms with Crippen molar-refractivity contribution in [3.63, 3.8) is 0 Å². The Bertz CT molecular complexity index is 577. The molecular formula is C10H12N6O2S. The van der Waals surface area contributed by atoms with E-state index in [2.05, 4.69) is 32.7 Å². The SMILES string of the molecule is CC1(Cn2cc(C(=O)Nc3nncs3)nn2)COC1. The molecule has 0 aliphatic carbocycles. The van der Waals surface area contributed by atoms with Gasteiger partial charge in [-0.15, -0.1) is 15.3 Å². The van der Waals surface area contributed by atoms with E-state index in [0.29, 0.717) is 24.9 Å². The maximum absolute atomic E-state index is 11.9. The van der Waals surface area contributed by atoms with E-state index in [-0.39, 0.29) is 17.0 Å². The second-order valence-electron chi connectivity index (χ2n) is 4.80. The predicted octanol–water partition coefficient (Wildman–Crippen LogP) is 0.418. The number of hydrogen-bond acceptors (Lipinski definition) is 7. The Kier molecular flexibility index (Phi) is 2.99. The molecule has 0 unspecified atom stereocenters. The van der Waals surface area contributed by atoms with Crippen molar-refractivity contribution < 1.29 is 9.53 Å². The van der Waals surface area contributed by atoms with Gasteiger partial charge in [0.25, 0.3) is 5.91 Å². The number of nitrogens with zero attached hydrogens (tertiary/aromatic N) is 5. The molecule has 0 bridgehead atoms. The van der Waals surface area contributed by atoms with Crippen LogP contribution in [0.3, 0.4) is 0 Å². The van der Waals surface area contributed by atoms with E-state index in [1.54, 1.807) is 16.4 Å². The smallest absolute Gasteiger partial charge is 0.279 e. The summed E-state index contributed by atoms with van der Waals surface area (Å²) in [6, 6.07) is 0. The van der Waals surface area contributed by atoms with Gasteiger partial charge in [0.15, 0.2) is 5.69 Å². The van der Waals surface area contributed by atoms with Gasteiger partial charge in [-0.1, -0.05) is 23.5 Å². The number of carbonyl (C=O) groups excluding carboxylic acids is 1. The van der Waals surface area contributed by atoms with Crippen LogP contribution in [0.2, 0.25) is 0 Å². The fourth-order valence-electron chi connectivity index (χ4n) is 1.80. The van der Waals surface area contributed by atoms with Gasteiger partial charge in [-0.2, -0.15) is 0 Å². The number of nitrogens with one attached hydrogen (secondary N) is 1.